The molecule has 1 saturated heterocycles. The first-order valence-corrected chi connectivity index (χ1v) is 9.70. The molecule has 0 spiro atoms. The monoisotopic (exact) mass is 411 g/mol. The minimum Gasteiger partial charge on any atom is -0.444 e. The third-order valence-electron chi connectivity index (χ3n) is 4.45. The standard InChI is InChI=1S/C15H20F3N3O5S/c1-14(2,3)25-13(22)21-8-5-6-10(21)11-9(7-8)12(20(4)19-11)26-27(23,24)15(16,17)18/h8,10H,5-7H2,1-4H3/t8-,10+/m1/s1. The predicted octanol–water partition coefficient (Wildman–Crippen LogP) is 2.65. The summed E-state index contributed by atoms with van der Waals surface area (Å²) in [6, 6.07) is -0.816. The van der Waals surface area contributed by atoms with E-state index >= 15 is 0 Å². The van der Waals surface area contributed by atoms with Crippen molar-refractivity contribution in [1.82, 2.24) is 14.7 Å². The van der Waals surface area contributed by atoms with Crippen molar-refractivity contribution in [3.8, 4) is 5.88 Å². The second-order valence-corrected chi connectivity index (χ2v) is 9.15. The Hall–Kier alpha value is -1.98. The Labute approximate surface area is 154 Å². The smallest absolute Gasteiger partial charge is 0.444 e. The number of halogens is 3. The summed E-state index contributed by atoms with van der Waals surface area (Å²) in [5.41, 5.74) is -5.63. The summed E-state index contributed by atoms with van der Waals surface area (Å²) in [4.78, 5) is 14.1. The molecular formula is C15H20F3N3O5S. The molecule has 0 unspecified atom stereocenters. The Morgan fingerprint density at radius 2 is 1.85 bits per heavy atom. The lowest BCUT2D eigenvalue weighted by Crippen LogP contribution is -2.44. The molecule has 0 N–H and O–H groups in total. The maximum atomic E-state index is 12.7. The molecule has 1 amide bonds. The molecule has 0 radical (unpaired) electrons. The van der Waals surface area contributed by atoms with Gasteiger partial charge in [0.15, 0.2) is 0 Å². The number of hydrogen-bond donors (Lipinski definition) is 0. The molecule has 1 fully saturated rings. The fraction of sp³-hybridized carbons (Fsp3) is 0.733. The summed E-state index contributed by atoms with van der Waals surface area (Å²) in [6.07, 6.45) is 0.771. The number of aryl methyl sites for hydroxylation is 1. The summed E-state index contributed by atoms with van der Waals surface area (Å²) in [5.74, 6) is -0.469. The molecule has 3 heterocycles. The normalized spacial score (nSPS) is 22.6. The molecule has 8 nitrogen and oxygen atoms in total. The highest BCUT2D eigenvalue weighted by Gasteiger charge is 2.51. The largest absolute Gasteiger partial charge is 0.534 e. The first kappa shape index (κ1) is 19.8. The highest BCUT2D eigenvalue weighted by molar-refractivity contribution is 7.87. The zero-order valence-electron chi connectivity index (χ0n) is 15.2. The summed E-state index contributed by atoms with van der Waals surface area (Å²) < 4.78 is 71.5. The van der Waals surface area contributed by atoms with Gasteiger partial charge >= 0.3 is 21.7 Å². The number of nitrogens with zero attached hydrogens (tertiary/aromatic N) is 3. The minimum absolute atomic E-state index is 0.141. The van der Waals surface area contributed by atoms with E-state index < -0.39 is 39.2 Å². The Morgan fingerprint density at radius 1 is 1.22 bits per heavy atom. The maximum absolute atomic E-state index is 12.7. The van der Waals surface area contributed by atoms with Crippen LogP contribution in [0.25, 0.3) is 0 Å². The van der Waals surface area contributed by atoms with Gasteiger partial charge in [-0.15, -0.1) is 0 Å². The second kappa shape index (κ2) is 6.01. The van der Waals surface area contributed by atoms with Gasteiger partial charge < -0.3 is 8.92 Å². The number of carbonyl (C=O) groups excluding carboxylic acids is 1. The van der Waals surface area contributed by atoms with E-state index in [2.05, 4.69) is 9.28 Å². The van der Waals surface area contributed by atoms with Crippen LogP contribution in [0.1, 0.15) is 50.9 Å². The topological polar surface area (TPSA) is 90.7 Å². The van der Waals surface area contributed by atoms with Gasteiger partial charge in [0.05, 0.1) is 11.7 Å². The van der Waals surface area contributed by atoms with Crippen molar-refractivity contribution in [1.29, 1.82) is 0 Å². The molecule has 27 heavy (non-hydrogen) atoms. The minimum atomic E-state index is -5.81. The number of ether oxygens (including phenoxy) is 1. The number of alkyl halides is 3. The van der Waals surface area contributed by atoms with Crippen LogP contribution < -0.4 is 4.18 Å². The van der Waals surface area contributed by atoms with E-state index in [0.717, 1.165) is 4.68 Å². The number of aromatic nitrogens is 2. The van der Waals surface area contributed by atoms with Gasteiger partial charge in [-0.25, -0.2) is 9.48 Å². The Bertz CT molecular complexity index is 872. The second-order valence-electron chi connectivity index (χ2n) is 7.61. The van der Waals surface area contributed by atoms with Gasteiger partial charge in [-0.3, -0.25) is 4.90 Å². The average Bonchev–Trinajstić information content (AvgIpc) is 2.95. The molecule has 0 aliphatic carbocycles. The van der Waals surface area contributed by atoms with Gasteiger partial charge in [-0.1, -0.05) is 0 Å². The fourth-order valence-corrected chi connectivity index (χ4v) is 3.98. The van der Waals surface area contributed by atoms with E-state index in [4.69, 9.17) is 4.74 Å². The number of fused-ring (bicyclic) bond motifs is 4. The first-order valence-electron chi connectivity index (χ1n) is 8.29. The molecule has 0 aromatic carbocycles. The van der Waals surface area contributed by atoms with Crippen LogP contribution in [0.5, 0.6) is 5.88 Å². The quantitative estimate of drug-likeness (QED) is 0.549. The van der Waals surface area contributed by atoms with Gasteiger partial charge in [0.1, 0.15) is 5.60 Å². The van der Waals surface area contributed by atoms with E-state index in [0.29, 0.717) is 18.5 Å². The van der Waals surface area contributed by atoms with E-state index in [1.165, 1.54) is 11.9 Å². The molecule has 2 aliphatic rings. The summed E-state index contributed by atoms with van der Waals surface area (Å²) in [5, 5.41) is 4.14. The summed E-state index contributed by atoms with van der Waals surface area (Å²) >= 11 is 0. The van der Waals surface area contributed by atoms with Crippen molar-refractivity contribution in [2.24, 2.45) is 7.05 Å². The third-order valence-corrected chi connectivity index (χ3v) is 5.40. The van der Waals surface area contributed by atoms with Crippen LogP contribution in [0.3, 0.4) is 0 Å². The highest BCUT2D eigenvalue weighted by Crippen LogP contribution is 2.47. The van der Waals surface area contributed by atoms with Crippen LogP contribution >= 0.6 is 0 Å². The molecule has 1 aromatic rings. The summed E-state index contributed by atoms with van der Waals surface area (Å²) in [7, 11) is -4.51. The zero-order chi connectivity index (χ0) is 20.4. The fourth-order valence-electron chi connectivity index (χ4n) is 3.47. The SMILES string of the molecule is Cn1nc2c(c1OS(=O)(=O)C(F)(F)F)C[C@H]1CC[C@@H]2N1C(=O)OC(C)(C)C. The lowest BCUT2D eigenvalue weighted by atomic mass is 10.0. The van der Waals surface area contributed by atoms with Crippen LogP contribution in [0.4, 0.5) is 18.0 Å². The number of rotatable bonds is 2. The van der Waals surface area contributed by atoms with Crippen LogP contribution in [-0.2, 0) is 28.3 Å². The van der Waals surface area contributed by atoms with Gasteiger partial charge in [-0.2, -0.15) is 26.7 Å². The highest BCUT2D eigenvalue weighted by atomic mass is 32.2. The van der Waals surface area contributed by atoms with Crippen molar-refractivity contribution < 1.29 is 35.3 Å². The summed E-state index contributed by atoms with van der Waals surface area (Å²) in [6.45, 7) is 5.20. The van der Waals surface area contributed by atoms with Crippen molar-refractivity contribution in [2.45, 2.75) is 63.2 Å². The average molecular weight is 411 g/mol. The molecule has 1 aromatic heterocycles. The molecule has 12 heteroatoms. The molecule has 2 bridgehead atoms. The van der Waals surface area contributed by atoms with E-state index in [1.807, 2.05) is 0 Å². The van der Waals surface area contributed by atoms with Crippen molar-refractivity contribution in [2.75, 3.05) is 0 Å². The zero-order valence-corrected chi connectivity index (χ0v) is 16.0. The Morgan fingerprint density at radius 3 is 2.41 bits per heavy atom. The van der Waals surface area contributed by atoms with Crippen molar-refractivity contribution >= 4 is 16.2 Å². The maximum Gasteiger partial charge on any atom is 0.534 e. The van der Waals surface area contributed by atoms with E-state index in [-0.39, 0.29) is 18.0 Å². The molecular weight excluding hydrogens is 391 g/mol. The van der Waals surface area contributed by atoms with E-state index in [9.17, 15) is 26.4 Å². The first-order chi connectivity index (χ1) is 12.2. The lowest BCUT2D eigenvalue weighted by molar-refractivity contribution is -0.0502. The predicted molar refractivity (Wildman–Crippen MR) is 86.4 cm³/mol. The van der Waals surface area contributed by atoms with Crippen LogP contribution in [0, 0.1) is 0 Å². The van der Waals surface area contributed by atoms with Gasteiger partial charge in [-0.05, 0) is 33.6 Å². The number of amides is 1. The molecule has 3 rings (SSSR count). The van der Waals surface area contributed by atoms with Crippen LogP contribution in [-0.4, -0.2) is 46.3 Å². The molecule has 2 aliphatic heterocycles. The number of hydrogen-bond acceptors (Lipinski definition) is 6. The van der Waals surface area contributed by atoms with Crippen LogP contribution in [0.2, 0.25) is 0 Å². The Balaban J connectivity index is 1.94. The van der Waals surface area contributed by atoms with Gasteiger partial charge in [0.25, 0.3) is 0 Å². The van der Waals surface area contributed by atoms with Crippen molar-refractivity contribution in [3.63, 3.8) is 0 Å². The van der Waals surface area contributed by atoms with Crippen LogP contribution in [0.15, 0.2) is 0 Å². The molecule has 152 valence electrons. The van der Waals surface area contributed by atoms with E-state index in [1.54, 1.807) is 20.8 Å². The molecule has 2 atom stereocenters. The van der Waals surface area contributed by atoms with Crippen molar-refractivity contribution in [3.05, 3.63) is 11.3 Å². The van der Waals surface area contributed by atoms with Gasteiger partial charge in [0.2, 0.25) is 5.88 Å². The molecule has 0 saturated carbocycles. The lowest BCUT2D eigenvalue weighted by Gasteiger charge is -2.35. The van der Waals surface area contributed by atoms with Gasteiger partial charge in [0, 0.05) is 25.1 Å². The Kier molecular flexibility index (Phi) is 4.40. The third kappa shape index (κ3) is 3.46. The number of carbonyl (C=O) groups is 1.